The first-order chi connectivity index (χ1) is 7.04. The van der Waals surface area contributed by atoms with Crippen molar-refractivity contribution in [2.75, 3.05) is 7.11 Å². The van der Waals surface area contributed by atoms with Crippen LogP contribution in [0, 0.1) is 6.92 Å². The summed E-state index contributed by atoms with van der Waals surface area (Å²) in [6.07, 6.45) is 0.338. The number of carboxylic acids is 1. The Morgan fingerprint density at radius 3 is 2.62 bits per heavy atom. The van der Waals surface area contributed by atoms with E-state index in [2.05, 4.69) is 0 Å². The zero-order chi connectivity index (χ0) is 11.4. The van der Waals surface area contributed by atoms with Crippen LogP contribution in [-0.2, 0) is 11.2 Å². The van der Waals surface area contributed by atoms with Crippen molar-refractivity contribution in [2.24, 2.45) is 5.73 Å². The predicted molar refractivity (Wildman–Crippen MR) is 64.3 cm³/mol. The van der Waals surface area contributed by atoms with E-state index in [4.69, 9.17) is 15.6 Å². The fraction of sp³-hybridized carbons (Fsp3) is 0.364. The fourth-order valence-corrected chi connectivity index (χ4v) is 1.35. The van der Waals surface area contributed by atoms with Gasteiger partial charge in [0.05, 0.1) is 7.11 Å². The minimum atomic E-state index is -0.981. The van der Waals surface area contributed by atoms with E-state index in [1.54, 1.807) is 13.2 Å². The second kappa shape index (κ2) is 6.35. The number of carbonyl (C=O) groups is 1. The van der Waals surface area contributed by atoms with Crippen LogP contribution in [-0.4, -0.2) is 24.2 Å². The second-order valence-electron chi connectivity index (χ2n) is 3.44. The predicted octanol–water partition coefficient (Wildman–Crippen LogP) is 1.38. The van der Waals surface area contributed by atoms with Crippen LogP contribution >= 0.6 is 12.4 Å². The molecule has 0 radical (unpaired) electrons. The highest BCUT2D eigenvalue weighted by Crippen LogP contribution is 2.17. The quantitative estimate of drug-likeness (QED) is 0.841. The van der Waals surface area contributed by atoms with Crippen LogP contribution in [0.15, 0.2) is 18.2 Å². The molecule has 0 aliphatic heterocycles. The van der Waals surface area contributed by atoms with E-state index < -0.39 is 12.0 Å². The van der Waals surface area contributed by atoms with Crippen LogP contribution < -0.4 is 10.5 Å². The van der Waals surface area contributed by atoms with Gasteiger partial charge in [0.1, 0.15) is 11.8 Å². The molecule has 0 aromatic heterocycles. The number of carboxylic acid groups (broad SMARTS) is 1. The zero-order valence-corrected chi connectivity index (χ0v) is 10.1. The van der Waals surface area contributed by atoms with Crippen molar-refractivity contribution >= 4 is 18.4 Å². The first-order valence-corrected chi connectivity index (χ1v) is 4.66. The number of ether oxygens (including phenoxy) is 1. The SMILES string of the molecule is COc1ccc(C[C@H](N)C(=O)O)c(C)c1.Cl. The second-order valence-corrected chi connectivity index (χ2v) is 3.44. The fourth-order valence-electron chi connectivity index (χ4n) is 1.35. The summed E-state index contributed by atoms with van der Waals surface area (Å²) in [6, 6.07) is 4.66. The molecular weight excluding hydrogens is 230 g/mol. The molecule has 5 heteroatoms. The maximum absolute atomic E-state index is 10.6. The number of nitrogens with two attached hydrogens (primary N) is 1. The molecule has 0 saturated heterocycles. The largest absolute Gasteiger partial charge is 0.497 e. The molecular formula is C11H16ClNO3. The van der Waals surface area contributed by atoms with Crippen molar-refractivity contribution in [1.82, 2.24) is 0 Å². The van der Waals surface area contributed by atoms with Crippen LogP contribution in [0.5, 0.6) is 5.75 Å². The van der Waals surface area contributed by atoms with Crippen LogP contribution in [0.25, 0.3) is 0 Å². The standard InChI is InChI=1S/C11H15NO3.ClH/c1-7-5-9(15-2)4-3-8(7)6-10(12)11(13)14;/h3-5,10H,6,12H2,1-2H3,(H,13,14);1H/t10-;/m0./s1. The average Bonchev–Trinajstić information content (AvgIpc) is 2.20. The van der Waals surface area contributed by atoms with Gasteiger partial charge in [-0.05, 0) is 36.6 Å². The molecule has 1 rings (SSSR count). The lowest BCUT2D eigenvalue weighted by Gasteiger charge is -2.10. The van der Waals surface area contributed by atoms with Gasteiger partial charge in [0, 0.05) is 0 Å². The van der Waals surface area contributed by atoms with Gasteiger partial charge in [-0.15, -0.1) is 12.4 Å². The number of aryl methyl sites for hydroxylation is 1. The molecule has 1 atom stereocenters. The summed E-state index contributed by atoms with van der Waals surface area (Å²) in [5.41, 5.74) is 7.38. The van der Waals surface area contributed by atoms with Gasteiger partial charge in [-0.3, -0.25) is 4.79 Å². The van der Waals surface area contributed by atoms with Gasteiger partial charge in [0.2, 0.25) is 0 Å². The van der Waals surface area contributed by atoms with Crippen LogP contribution in [0.3, 0.4) is 0 Å². The molecule has 0 aliphatic carbocycles. The van der Waals surface area contributed by atoms with Gasteiger partial charge in [-0.2, -0.15) is 0 Å². The Balaban J connectivity index is 0.00000225. The summed E-state index contributed by atoms with van der Waals surface area (Å²) in [6.45, 7) is 1.91. The summed E-state index contributed by atoms with van der Waals surface area (Å²) in [5, 5.41) is 8.69. The molecule has 0 fully saturated rings. The molecule has 1 aromatic carbocycles. The summed E-state index contributed by atoms with van der Waals surface area (Å²) in [7, 11) is 1.59. The van der Waals surface area contributed by atoms with E-state index in [0.29, 0.717) is 6.42 Å². The van der Waals surface area contributed by atoms with Crippen LogP contribution in [0.4, 0.5) is 0 Å². The highest BCUT2D eigenvalue weighted by atomic mass is 35.5. The highest BCUT2D eigenvalue weighted by molar-refractivity contribution is 5.85. The van der Waals surface area contributed by atoms with Crippen molar-refractivity contribution in [2.45, 2.75) is 19.4 Å². The molecule has 0 heterocycles. The summed E-state index contributed by atoms with van der Waals surface area (Å²) in [5.74, 6) is -0.217. The average molecular weight is 246 g/mol. The van der Waals surface area contributed by atoms with Gasteiger partial charge < -0.3 is 15.6 Å². The third kappa shape index (κ3) is 3.72. The van der Waals surface area contributed by atoms with Crippen molar-refractivity contribution in [3.05, 3.63) is 29.3 Å². The summed E-state index contributed by atoms with van der Waals surface area (Å²) in [4.78, 5) is 10.6. The summed E-state index contributed by atoms with van der Waals surface area (Å²) < 4.78 is 5.05. The first-order valence-electron chi connectivity index (χ1n) is 4.66. The molecule has 0 bridgehead atoms. The topological polar surface area (TPSA) is 72.5 Å². The van der Waals surface area contributed by atoms with Crippen molar-refractivity contribution < 1.29 is 14.6 Å². The molecule has 0 spiro atoms. The van der Waals surface area contributed by atoms with Crippen LogP contribution in [0.1, 0.15) is 11.1 Å². The molecule has 16 heavy (non-hydrogen) atoms. The van der Waals surface area contributed by atoms with E-state index in [-0.39, 0.29) is 12.4 Å². The Hall–Kier alpha value is -1.26. The van der Waals surface area contributed by atoms with Gasteiger partial charge >= 0.3 is 5.97 Å². The number of hydrogen-bond donors (Lipinski definition) is 2. The van der Waals surface area contributed by atoms with Gasteiger partial charge in [0.15, 0.2) is 0 Å². The lowest BCUT2D eigenvalue weighted by atomic mass is 10.0. The molecule has 0 aliphatic rings. The molecule has 0 unspecified atom stereocenters. The normalized spacial score (nSPS) is 11.4. The van der Waals surface area contributed by atoms with Gasteiger partial charge in [0.25, 0.3) is 0 Å². The van der Waals surface area contributed by atoms with E-state index >= 15 is 0 Å². The molecule has 1 aromatic rings. The number of benzene rings is 1. The Labute approximate surface area is 101 Å². The lowest BCUT2D eigenvalue weighted by Crippen LogP contribution is -2.32. The molecule has 4 nitrogen and oxygen atoms in total. The Morgan fingerprint density at radius 1 is 1.56 bits per heavy atom. The van der Waals surface area contributed by atoms with E-state index in [1.165, 1.54) is 0 Å². The van der Waals surface area contributed by atoms with Gasteiger partial charge in [-0.1, -0.05) is 6.07 Å². The van der Waals surface area contributed by atoms with Crippen molar-refractivity contribution in [3.8, 4) is 5.75 Å². The van der Waals surface area contributed by atoms with Crippen LogP contribution in [0.2, 0.25) is 0 Å². The number of methoxy groups -OCH3 is 1. The Kier molecular flexibility index (Phi) is 5.85. The zero-order valence-electron chi connectivity index (χ0n) is 9.27. The number of halogens is 1. The monoisotopic (exact) mass is 245 g/mol. The minimum absolute atomic E-state index is 0. The third-order valence-corrected chi connectivity index (χ3v) is 2.31. The van der Waals surface area contributed by atoms with Crippen molar-refractivity contribution in [3.63, 3.8) is 0 Å². The number of hydrogen-bond acceptors (Lipinski definition) is 3. The van der Waals surface area contributed by atoms with E-state index in [0.717, 1.165) is 16.9 Å². The van der Waals surface area contributed by atoms with Gasteiger partial charge in [-0.25, -0.2) is 0 Å². The maximum Gasteiger partial charge on any atom is 0.320 e. The number of rotatable bonds is 4. The number of aliphatic carboxylic acids is 1. The minimum Gasteiger partial charge on any atom is -0.497 e. The molecule has 3 N–H and O–H groups in total. The maximum atomic E-state index is 10.6. The molecule has 0 saturated carbocycles. The van der Waals surface area contributed by atoms with E-state index in [1.807, 2.05) is 19.1 Å². The summed E-state index contributed by atoms with van der Waals surface area (Å²) >= 11 is 0. The Bertz CT molecular complexity index is 368. The Morgan fingerprint density at radius 2 is 2.19 bits per heavy atom. The van der Waals surface area contributed by atoms with E-state index in [9.17, 15) is 4.79 Å². The molecule has 90 valence electrons. The first kappa shape index (κ1) is 14.7. The smallest absolute Gasteiger partial charge is 0.320 e. The lowest BCUT2D eigenvalue weighted by molar-refractivity contribution is -0.138. The van der Waals surface area contributed by atoms with Crippen molar-refractivity contribution in [1.29, 1.82) is 0 Å². The third-order valence-electron chi connectivity index (χ3n) is 2.31. The highest BCUT2D eigenvalue weighted by Gasteiger charge is 2.13. The molecule has 0 amide bonds.